The highest BCUT2D eigenvalue weighted by Gasteiger charge is 2.07. The average molecular weight is 305 g/mol. The third-order valence-electron chi connectivity index (χ3n) is 3.01. The number of benzene rings is 2. The van der Waals surface area contributed by atoms with Crippen molar-refractivity contribution in [2.75, 3.05) is 5.32 Å². The first-order chi connectivity index (χ1) is 9.54. The highest BCUT2D eigenvalue weighted by Crippen LogP contribution is 2.16. The standard InChI is InChI=1S/C16H17ClN2S/c1-11-6-8-13(9-7-11)12(2)18-16(20)19-15-5-3-4-14(17)10-15/h3-10,12H,1-2H3,(H2,18,19,20)/t12-/m1/s1. The van der Waals surface area contributed by atoms with Gasteiger partial charge in [-0.1, -0.05) is 47.5 Å². The molecule has 0 aliphatic carbocycles. The molecule has 2 N–H and O–H groups in total. The van der Waals surface area contributed by atoms with E-state index in [-0.39, 0.29) is 6.04 Å². The van der Waals surface area contributed by atoms with Crippen LogP contribution < -0.4 is 10.6 Å². The zero-order valence-corrected chi connectivity index (χ0v) is 13.1. The van der Waals surface area contributed by atoms with Gasteiger partial charge in [0.1, 0.15) is 0 Å². The SMILES string of the molecule is Cc1ccc([C@@H](C)NC(=S)Nc2cccc(Cl)c2)cc1. The molecule has 2 rings (SSSR count). The Morgan fingerprint density at radius 3 is 2.50 bits per heavy atom. The maximum atomic E-state index is 5.94. The smallest absolute Gasteiger partial charge is 0.171 e. The van der Waals surface area contributed by atoms with Gasteiger partial charge in [-0.05, 0) is 49.8 Å². The van der Waals surface area contributed by atoms with E-state index in [9.17, 15) is 0 Å². The number of thiocarbonyl (C=S) groups is 1. The summed E-state index contributed by atoms with van der Waals surface area (Å²) in [6.07, 6.45) is 0. The number of halogens is 1. The number of hydrogen-bond acceptors (Lipinski definition) is 1. The minimum absolute atomic E-state index is 0.148. The quantitative estimate of drug-likeness (QED) is 0.804. The van der Waals surface area contributed by atoms with Crippen LogP contribution in [-0.4, -0.2) is 5.11 Å². The van der Waals surface area contributed by atoms with E-state index < -0.39 is 0 Å². The first-order valence-corrected chi connectivity index (χ1v) is 7.23. The molecular formula is C16H17ClN2S. The molecule has 4 heteroatoms. The zero-order valence-electron chi connectivity index (χ0n) is 11.5. The van der Waals surface area contributed by atoms with Crippen molar-refractivity contribution in [1.29, 1.82) is 0 Å². The lowest BCUT2D eigenvalue weighted by atomic mass is 10.1. The molecule has 0 amide bonds. The summed E-state index contributed by atoms with van der Waals surface area (Å²) in [4.78, 5) is 0. The van der Waals surface area contributed by atoms with Gasteiger partial charge in [0.25, 0.3) is 0 Å². The molecule has 20 heavy (non-hydrogen) atoms. The first-order valence-electron chi connectivity index (χ1n) is 6.44. The fourth-order valence-corrected chi connectivity index (χ4v) is 2.35. The molecule has 0 fully saturated rings. The molecule has 0 saturated carbocycles. The molecule has 0 unspecified atom stereocenters. The average Bonchev–Trinajstić information content (AvgIpc) is 2.39. The van der Waals surface area contributed by atoms with Crippen LogP contribution in [0.3, 0.4) is 0 Å². The fourth-order valence-electron chi connectivity index (χ4n) is 1.87. The minimum Gasteiger partial charge on any atom is -0.356 e. The van der Waals surface area contributed by atoms with Gasteiger partial charge in [0.05, 0.1) is 6.04 Å². The largest absolute Gasteiger partial charge is 0.356 e. The molecule has 2 aromatic rings. The molecule has 0 spiro atoms. The predicted molar refractivity (Wildman–Crippen MR) is 90.4 cm³/mol. The van der Waals surface area contributed by atoms with Crippen molar-refractivity contribution < 1.29 is 0 Å². The number of nitrogens with one attached hydrogen (secondary N) is 2. The summed E-state index contributed by atoms with van der Waals surface area (Å²) in [7, 11) is 0. The maximum absolute atomic E-state index is 5.94. The molecule has 0 radical (unpaired) electrons. The van der Waals surface area contributed by atoms with Gasteiger partial charge in [-0.15, -0.1) is 0 Å². The number of rotatable bonds is 3. The second-order valence-electron chi connectivity index (χ2n) is 4.74. The van der Waals surface area contributed by atoms with Crippen LogP contribution in [0, 0.1) is 6.92 Å². The summed E-state index contributed by atoms with van der Waals surface area (Å²) in [5.41, 5.74) is 3.33. The van der Waals surface area contributed by atoms with E-state index in [2.05, 4.69) is 48.7 Å². The summed E-state index contributed by atoms with van der Waals surface area (Å²) in [5, 5.41) is 7.66. The molecule has 104 valence electrons. The van der Waals surface area contributed by atoms with Crippen LogP contribution in [0.25, 0.3) is 0 Å². The van der Waals surface area contributed by atoms with Crippen molar-refractivity contribution in [3.8, 4) is 0 Å². The van der Waals surface area contributed by atoms with Gasteiger partial charge >= 0.3 is 0 Å². The summed E-state index contributed by atoms with van der Waals surface area (Å²) >= 11 is 11.3. The van der Waals surface area contributed by atoms with E-state index in [1.165, 1.54) is 11.1 Å². The summed E-state index contributed by atoms with van der Waals surface area (Å²) in [6, 6.07) is 16.0. The Morgan fingerprint density at radius 1 is 1.15 bits per heavy atom. The van der Waals surface area contributed by atoms with Crippen LogP contribution in [0.15, 0.2) is 48.5 Å². The molecular weight excluding hydrogens is 288 g/mol. The molecule has 2 aromatic carbocycles. The van der Waals surface area contributed by atoms with E-state index in [1.54, 1.807) is 0 Å². The van der Waals surface area contributed by atoms with Crippen LogP contribution in [0.2, 0.25) is 5.02 Å². The van der Waals surface area contributed by atoms with E-state index in [1.807, 2.05) is 24.3 Å². The molecule has 1 atom stereocenters. The van der Waals surface area contributed by atoms with E-state index in [0.29, 0.717) is 10.1 Å². The summed E-state index contributed by atoms with van der Waals surface area (Å²) < 4.78 is 0. The van der Waals surface area contributed by atoms with Crippen molar-refractivity contribution in [3.05, 3.63) is 64.7 Å². The Labute approximate surface area is 130 Å². The van der Waals surface area contributed by atoms with Gasteiger partial charge in [0.15, 0.2) is 5.11 Å². The second kappa shape index (κ2) is 6.73. The van der Waals surface area contributed by atoms with Gasteiger partial charge < -0.3 is 10.6 Å². The Balaban J connectivity index is 1.95. The Hall–Kier alpha value is -1.58. The van der Waals surface area contributed by atoms with E-state index >= 15 is 0 Å². The van der Waals surface area contributed by atoms with E-state index in [0.717, 1.165) is 5.69 Å². The summed E-state index contributed by atoms with van der Waals surface area (Å²) in [6.45, 7) is 4.16. The topological polar surface area (TPSA) is 24.1 Å². The fraction of sp³-hybridized carbons (Fsp3) is 0.188. The summed E-state index contributed by atoms with van der Waals surface area (Å²) in [5.74, 6) is 0. The van der Waals surface area contributed by atoms with Crippen molar-refractivity contribution >= 4 is 34.6 Å². The highest BCUT2D eigenvalue weighted by molar-refractivity contribution is 7.80. The number of anilines is 1. The first kappa shape index (κ1) is 14.8. The van der Waals surface area contributed by atoms with Crippen LogP contribution in [0.5, 0.6) is 0 Å². The third-order valence-corrected chi connectivity index (χ3v) is 3.46. The number of hydrogen-bond donors (Lipinski definition) is 2. The Kier molecular flexibility index (Phi) is 4.99. The number of aryl methyl sites for hydroxylation is 1. The van der Waals surface area contributed by atoms with Gasteiger partial charge in [-0.3, -0.25) is 0 Å². The van der Waals surface area contributed by atoms with Crippen LogP contribution in [0.4, 0.5) is 5.69 Å². The lowest BCUT2D eigenvalue weighted by molar-refractivity contribution is 0.722. The molecule has 0 aliphatic rings. The van der Waals surface area contributed by atoms with Gasteiger partial charge in [0, 0.05) is 10.7 Å². The highest BCUT2D eigenvalue weighted by atomic mass is 35.5. The van der Waals surface area contributed by atoms with E-state index in [4.69, 9.17) is 23.8 Å². The van der Waals surface area contributed by atoms with Crippen LogP contribution >= 0.6 is 23.8 Å². The zero-order chi connectivity index (χ0) is 14.5. The Morgan fingerprint density at radius 2 is 1.85 bits per heavy atom. The lowest BCUT2D eigenvalue weighted by Gasteiger charge is -2.17. The van der Waals surface area contributed by atoms with Crippen molar-refractivity contribution in [2.45, 2.75) is 19.9 Å². The molecule has 0 aromatic heterocycles. The minimum atomic E-state index is 0.148. The van der Waals surface area contributed by atoms with Crippen molar-refractivity contribution in [3.63, 3.8) is 0 Å². The second-order valence-corrected chi connectivity index (χ2v) is 5.59. The van der Waals surface area contributed by atoms with Gasteiger partial charge in [0.2, 0.25) is 0 Å². The predicted octanol–water partition coefficient (Wildman–Crippen LogP) is 4.70. The van der Waals surface area contributed by atoms with Crippen molar-refractivity contribution in [2.24, 2.45) is 0 Å². The molecule has 2 nitrogen and oxygen atoms in total. The Bertz CT molecular complexity index is 596. The van der Waals surface area contributed by atoms with Gasteiger partial charge in [-0.25, -0.2) is 0 Å². The monoisotopic (exact) mass is 304 g/mol. The van der Waals surface area contributed by atoms with Crippen LogP contribution in [-0.2, 0) is 0 Å². The molecule has 0 heterocycles. The van der Waals surface area contributed by atoms with Crippen LogP contribution in [0.1, 0.15) is 24.1 Å². The normalized spacial score (nSPS) is 11.8. The third kappa shape index (κ3) is 4.22. The molecule has 0 aliphatic heterocycles. The van der Waals surface area contributed by atoms with Crippen molar-refractivity contribution in [1.82, 2.24) is 5.32 Å². The lowest BCUT2D eigenvalue weighted by Crippen LogP contribution is -2.30. The van der Waals surface area contributed by atoms with Gasteiger partial charge in [-0.2, -0.15) is 0 Å². The molecule has 0 saturated heterocycles. The molecule has 0 bridgehead atoms. The maximum Gasteiger partial charge on any atom is 0.171 e.